The molecule has 3 amide bonds. The van der Waals surface area contributed by atoms with Crippen LogP contribution in [0.25, 0.3) is 0 Å². The lowest BCUT2D eigenvalue weighted by molar-refractivity contribution is -0.139. The molecule has 1 N–H and O–H groups in total. The number of benzene rings is 2. The van der Waals surface area contributed by atoms with Gasteiger partial charge in [-0.15, -0.1) is 0 Å². The summed E-state index contributed by atoms with van der Waals surface area (Å²) >= 11 is 0. The predicted molar refractivity (Wildman–Crippen MR) is 152 cm³/mol. The van der Waals surface area contributed by atoms with Crippen molar-refractivity contribution in [3.05, 3.63) is 60.4 Å². The van der Waals surface area contributed by atoms with Gasteiger partial charge >= 0.3 is 0 Å². The van der Waals surface area contributed by atoms with Crippen LogP contribution in [0.4, 0.5) is 15.8 Å². The number of amides is 3. The van der Waals surface area contributed by atoms with Crippen molar-refractivity contribution in [1.29, 1.82) is 0 Å². The molecule has 2 heterocycles. The van der Waals surface area contributed by atoms with E-state index in [-0.39, 0.29) is 30.1 Å². The lowest BCUT2D eigenvalue weighted by Gasteiger charge is -2.43. The smallest absolute Gasteiger partial charge is 0.250 e. The Hall–Kier alpha value is -3.42. The van der Waals surface area contributed by atoms with Crippen molar-refractivity contribution in [2.45, 2.75) is 76.7 Å². The number of anilines is 2. The maximum Gasteiger partial charge on any atom is 0.250 e. The first-order chi connectivity index (χ1) is 18.9. The SMILES string of the molecule is CCCCCCCCCC(=O)N1CCC2(CC1)C(=O)N(CC(=O)Nc1ccc(F)cc1)CN2c1ccccc1. The van der Waals surface area contributed by atoms with Gasteiger partial charge in [0.25, 0.3) is 5.91 Å². The van der Waals surface area contributed by atoms with Gasteiger partial charge in [-0.05, 0) is 55.7 Å². The fourth-order valence-electron chi connectivity index (χ4n) is 5.75. The average molecular weight is 537 g/mol. The molecule has 0 aromatic heterocycles. The summed E-state index contributed by atoms with van der Waals surface area (Å²) in [4.78, 5) is 45.1. The number of likely N-dealkylation sites (tertiary alicyclic amines) is 1. The summed E-state index contributed by atoms with van der Waals surface area (Å²) in [5.74, 6) is -0.622. The van der Waals surface area contributed by atoms with E-state index in [1.807, 2.05) is 35.2 Å². The number of unbranched alkanes of at least 4 members (excludes halogenated alkanes) is 6. The number of nitrogens with one attached hydrogen (secondary N) is 1. The molecule has 2 saturated heterocycles. The zero-order valence-electron chi connectivity index (χ0n) is 23.0. The predicted octanol–water partition coefficient (Wildman–Crippen LogP) is 5.57. The first-order valence-electron chi connectivity index (χ1n) is 14.4. The molecule has 0 unspecified atom stereocenters. The number of hydrogen-bond acceptors (Lipinski definition) is 4. The third-order valence-electron chi connectivity index (χ3n) is 7.98. The molecule has 8 heteroatoms. The summed E-state index contributed by atoms with van der Waals surface area (Å²) in [6.07, 6.45) is 9.83. The van der Waals surface area contributed by atoms with Crippen molar-refractivity contribution < 1.29 is 18.8 Å². The molecule has 2 aliphatic rings. The van der Waals surface area contributed by atoms with Gasteiger partial charge in [0.2, 0.25) is 11.8 Å². The average Bonchev–Trinajstić information content (AvgIpc) is 3.20. The number of carbonyl (C=O) groups excluding carboxylic acids is 3. The summed E-state index contributed by atoms with van der Waals surface area (Å²) < 4.78 is 13.2. The van der Waals surface area contributed by atoms with Gasteiger partial charge in [0.15, 0.2) is 0 Å². The molecule has 2 aromatic rings. The maximum atomic E-state index is 13.8. The Balaban J connectivity index is 1.36. The van der Waals surface area contributed by atoms with Crippen LogP contribution in [-0.4, -0.2) is 59.4 Å². The minimum Gasteiger partial charge on any atom is -0.342 e. The summed E-state index contributed by atoms with van der Waals surface area (Å²) in [7, 11) is 0. The van der Waals surface area contributed by atoms with Crippen molar-refractivity contribution in [3.8, 4) is 0 Å². The molecule has 0 bridgehead atoms. The van der Waals surface area contributed by atoms with Gasteiger partial charge in [0, 0.05) is 30.9 Å². The van der Waals surface area contributed by atoms with Crippen LogP contribution in [0, 0.1) is 5.82 Å². The van der Waals surface area contributed by atoms with E-state index in [1.165, 1.54) is 56.4 Å². The molecule has 2 fully saturated rings. The van der Waals surface area contributed by atoms with Crippen molar-refractivity contribution >= 4 is 29.1 Å². The van der Waals surface area contributed by atoms with Gasteiger partial charge in [-0.3, -0.25) is 14.4 Å². The van der Waals surface area contributed by atoms with Crippen LogP contribution in [0.3, 0.4) is 0 Å². The number of para-hydroxylation sites is 1. The number of rotatable bonds is 12. The van der Waals surface area contributed by atoms with Crippen molar-refractivity contribution in [1.82, 2.24) is 9.80 Å². The lowest BCUT2D eigenvalue weighted by Crippen LogP contribution is -2.57. The molecule has 0 radical (unpaired) electrons. The summed E-state index contributed by atoms with van der Waals surface area (Å²) in [5.41, 5.74) is 0.624. The Morgan fingerprint density at radius 3 is 2.21 bits per heavy atom. The number of carbonyl (C=O) groups is 3. The minimum absolute atomic E-state index is 0.0835. The highest BCUT2D eigenvalue weighted by molar-refractivity contribution is 5.99. The second kappa shape index (κ2) is 13.6. The van der Waals surface area contributed by atoms with Crippen LogP contribution in [0.2, 0.25) is 0 Å². The number of hydrogen-bond donors (Lipinski definition) is 1. The van der Waals surface area contributed by atoms with Gasteiger partial charge in [-0.1, -0.05) is 63.6 Å². The molecule has 7 nitrogen and oxygen atoms in total. The molecule has 2 aromatic carbocycles. The zero-order chi connectivity index (χ0) is 27.7. The molecule has 1 spiro atoms. The molecule has 0 aliphatic carbocycles. The highest BCUT2D eigenvalue weighted by atomic mass is 19.1. The van der Waals surface area contributed by atoms with Gasteiger partial charge in [0.05, 0.1) is 6.67 Å². The van der Waals surface area contributed by atoms with Crippen LogP contribution in [0.1, 0.15) is 71.1 Å². The highest BCUT2D eigenvalue weighted by Crippen LogP contribution is 2.39. The topological polar surface area (TPSA) is 73.0 Å². The lowest BCUT2D eigenvalue weighted by atomic mass is 9.85. The summed E-state index contributed by atoms with van der Waals surface area (Å²) in [6.45, 7) is 3.47. The molecule has 39 heavy (non-hydrogen) atoms. The van der Waals surface area contributed by atoms with Gasteiger partial charge < -0.3 is 20.0 Å². The van der Waals surface area contributed by atoms with Crippen molar-refractivity contribution in [2.75, 3.05) is 36.5 Å². The minimum atomic E-state index is -0.784. The monoisotopic (exact) mass is 536 g/mol. The fraction of sp³-hybridized carbons (Fsp3) is 0.516. The second-order valence-corrected chi connectivity index (χ2v) is 10.7. The van der Waals surface area contributed by atoms with Crippen molar-refractivity contribution in [3.63, 3.8) is 0 Å². The third-order valence-corrected chi connectivity index (χ3v) is 7.98. The Morgan fingerprint density at radius 1 is 0.897 bits per heavy atom. The largest absolute Gasteiger partial charge is 0.342 e. The van der Waals surface area contributed by atoms with Crippen LogP contribution >= 0.6 is 0 Å². The Labute approximate surface area is 231 Å². The van der Waals surface area contributed by atoms with Gasteiger partial charge in [0.1, 0.15) is 17.9 Å². The van der Waals surface area contributed by atoms with E-state index in [4.69, 9.17) is 0 Å². The molecule has 2 aliphatic heterocycles. The second-order valence-electron chi connectivity index (χ2n) is 10.7. The van der Waals surface area contributed by atoms with Gasteiger partial charge in [-0.2, -0.15) is 0 Å². The molecule has 4 rings (SSSR count). The van der Waals surface area contributed by atoms with Crippen LogP contribution in [0.15, 0.2) is 54.6 Å². The van der Waals surface area contributed by atoms with E-state index in [9.17, 15) is 18.8 Å². The van der Waals surface area contributed by atoms with E-state index in [0.717, 1.165) is 18.5 Å². The van der Waals surface area contributed by atoms with E-state index in [0.29, 0.717) is 44.7 Å². The van der Waals surface area contributed by atoms with E-state index < -0.39 is 5.54 Å². The van der Waals surface area contributed by atoms with Crippen LogP contribution in [0.5, 0.6) is 0 Å². The summed E-state index contributed by atoms with van der Waals surface area (Å²) in [5, 5.41) is 2.75. The summed E-state index contributed by atoms with van der Waals surface area (Å²) in [6, 6.07) is 15.3. The molecule has 0 saturated carbocycles. The molecule has 0 atom stereocenters. The fourth-order valence-corrected chi connectivity index (χ4v) is 5.75. The van der Waals surface area contributed by atoms with E-state index in [2.05, 4.69) is 17.1 Å². The third kappa shape index (κ3) is 7.16. The Morgan fingerprint density at radius 2 is 1.54 bits per heavy atom. The van der Waals surface area contributed by atoms with E-state index >= 15 is 0 Å². The number of halogens is 1. The molecular weight excluding hydrogens is 495 g/mol. The number of nitrogens with zero attached hydrogens (tertiary/aromatic N) is 3. The van der Waals surface area contributed by atoms with E-state index in [1.54, 1.807) is 4.90 Å². The molecular formula is C31H41FN4O3. The maximum absolute atomic E-state index is 13.8. The normalized spacial score (nSPS) is 16.7. The van der Waals surface area contributed by atoms with Gasteiger partial charge in [-0.25, -0.2) is 4.39 Å². The zero-order valence-corrected chi connectivity index (χ0v) is 23.0. The van der Waals surface area contributed by atoms with Crippen LogP contribution in [-0.2, 0) is 14.4 Å². The number of piperidine rings is 1. The van der Waals surface area contributed by atoms with Crippen molar-refractivity contribution in [2.24, 2.45) is 0 Å². The quantitative estimate of drug-likeness (QED) is 0.360. The van der Waals surface area contributed by atoms with Crippen LogP contribution < -0.4 is 10.2 Å². The first kappa shape index (κ1) is 28.6. The Kier molecular flexibility index (Phi) is 9.96. The highest BCUT2D eigenvalue weighted by Gasteiger charge is 2.54. The first-order valence-corrected chi connectivity index (χ1v) is 14.4. The molecule has 210 valence electrons. The standard InChI is InChI=1S/C31H41FN4O3/c1-2-3-4-5-6-7-11-14-29(38)34-21-19-31(20-22-34)30(39)35(24-36(31)27-12-9-8-10-13-27)23-28(37)33-26-17-15-25(32)16-18-26/h8-10,12-13,15-18H,2-7,11,14,19-24H2,1H3,(H,33,37). The Bertz CT molecular complexity index is 1100.